The van der Waals surface area contributed by atoms with Crippen molar-refractivity contribution in [3.63, 3.8) is 0 Å². The number of phenols is 1. The van der Waals surface area contributed by atoms with Crippen LogP contribution in [0.25, 0.3) is 11.3 Å². The van der Waals surface area contributed by atoms with Crippen molar-refractivity contribution in [1.29, 1.82) is 0 Å². The van der Waals surface area contributed by atoms with Gasteiger partial charge in [-0.1, -0.05) is 6.07 Å². The van der Waals surface area contributed by atoms with Crippen LogP contribution in [0, 0.1) is 11.6 Å². The van der Waals surface area contributed by atoms with E-state index < -0.39 is 17.4 Å². The van der Waals surface area contributed by atoms with Gasteiger partial charge >= 0.3 is 0 Å². The number of aromatic nitrogens is 1. The topological polar surface area (TPSA) is 59.1 Å². The summed E-state index contributed by atoms with van der Waals surface area (Å²) in [5.74, 6) is -2.71. The standard InChI is InChI=1S/C14H12F2N2O/c15-10-3-8(4-13(19)14(10)16)12-2-1-7(6-18-12)9-5-11(9)17/h1-4,6,9,11,19H,5,17H2. The molecule has 2 atom stereocenters. The Bertz CT molecular complexity index is 605. The fraction of sp³-hybridized carbons (Fsp3) is 0.214. The Morgan fingerprint density at radius 3 is 2.53 bits per heavy atom. The molecule has 0 aliphatic heterocycles. The monoisotopic (exact) mass is 262 g/mol. The third kappa shape index (κ3) is 2.17. The average Bonchev–Trinajstić information content (AvgIpc) is 3.13. The van der Waals surface area contributed by atoms with Crippen molar-refractivity contribution >= 4 is 0 Å². The van der Waals surface area contributed by atoms with Crippen molar-refractivity contribution in [2.75, 3.05) is 0 Å². The highest BCUT2D eigenvalue weighted by Gasteiger charge is 2.34. The van der Waals surface area contributed by atoms with E-state index in [-0.39, 0.29) is 6.04 Å². The highest BCUT2D eigenvalue weighted by Crippen LogP contribution is 2.39. The second-order valence-corrected chi connectivity index (χ2v) is 4.77. The lowest BCUT2D eigenvalue weighted by molar-refractivity contribution is 0.407. The summed E-state index contributed by atoms with van der Waals surface area (Å²) in [5, 5.41) is 9.27. The predicted octanol–water partition coefficient (Wildman–Crippen LogP) is 2.55. The molecule has 1 aromatic heterocycles. The van der Waals surface area contributed by atoms with Crippen LogP contribution in [0.1, 0.15) is 17.9 Å². The van der Waals surface area contributed by atoms with E-state index in [0.717, 1.165) is 24.1 Å². The van der Waals surface area contributed by atoms with Crippen LogP contribution in [0.5, 0.6) is 5.75 Å². The first-order valence-corrected chi connectivity index (χ1v) is 5.96. The zero-order chi connectivity index (χ0) is 13.6. The van der Waals surface area contributed by atoms with E-state index in [2.05, 4.69) is 4.98 Å². The Hall–Kier alpha value is -2.01. The summed E-state index contributed by atoms with van der Waals surface area (Å²) in [6, 6.07) is 5.95. The smallest absolute Gasteiger partial charge is 0.200 e. The first-order valence-electron chi connectivity index (χ1n) is 5.96. The van der Waals surface area contributed by atoms with Gasteiger partial charge in [0.25, 0.3) is 0 Å². The van der Waals surface area contributed by atoms with Gasteiger partial charge in [-0.25, -0.2) is 4.39 Å². The maximum absolute atomic E-state index is 13.2. The average molecular weight is 262 g/mol. The summed E-state index contributed by atoms with van der Waals surface area (Å²) < 4.78 is 26.2. The quantitative estimate of drug-likeness (QED) is 0.874. The molecule has 3 nitrogen and oxygen atoms in total. The largest absolute Gasteiger partial charge is 0.505 e. The molecule has 2 aromatic rings. The van der Waals surface area contributed by atoms with Crippen LogP contribution in [-0.2, 0) is 0 Å². The SMILES string of the molecule is NC1CC1c1ccc(-c2cc(O)c(F)c(F)c2)nc1. The summed E-state index contributed by atoms with van der Waals surface area (Å²) >= 11 is 0. The van der Waals surface area contributed by atoms with Gasteiger partial charge in [-0.05, 0) is 30.2 Å². The molecular weight excluding hydrogens is 250 g/mol. The second-order valence-electron chi connectivity index (χ2n) is 4.77. The normalized spacial score (nSPS) is 21.4. The summed E-state index contributed by atoms with van der Waals surface area (Å²) in [7, 11) is 0. The summed E-state index contributed by atoms with van der Waals surface area (Å²) in [6.07, 6.45) is 2.64. The number of rotatable bonds is 2. The van der Waals surface area contributed by atoms with E-state index >= 15 is 0 Å². The number of benzene rings is 1. The van der Waals surface area contributed by atoms with Crippen LogP contribution in [0.2, 0.25) is 0 Å². The zero-order valence-electron chi connectivity index (χ0n) is 9.98. The Labute approximate surface area is 108 Å². The molecular formula is C14H12F2N2O. The first-order chi connectivity index (χ1) is 9.06. The van der Waals surface area contributed by atoms with E-state index in [0.29, 0.717) is 17.2 Å². The van der Waals surface area contributed by atoms with Crippen molar-refractivity contribution in [2.45, 2.75) is 18.4 Å². The van der Waals surface area contributed by atoms with Gasteiger partial charge in [0.15, 0.2) is 17.4 Å². The number of nitrogens with zero attached hydrogens (tertiary/aromatic N) is 1. The zero-order valence-corrected chi connectivity index (χ0v) is 9.98. The fourth-order valence-electron chi connectivity index (χ4n) is 2.12. The molecule has 0 spiro atoms. The van der Waals surface area contributed by atoms with E-state index in [1.807, 2.05) is 6.07 Å². The minimum Gasteiger partial charge on any atom is -0.505 e. The minimum absolute atomic E-state index is 0.194. The highest BCUT2D eigenvalue weighted by molar-refractivity contribution is 5.61. The fourth-order valence-corrected chi connectivity index (χ4v) is 2.12. The van der Waals surface area contributed by atoms with Gasteiger partial charge in [-0.2, -0.15) is 4.39 Å². The third-order valence-corrected chi connectivity index (χ3v) is 3.36. The van der Waals surface area contributed by atoms with E-state index in [4.69, 9.17) is 5.73 Å². The molecule has 2 unspecified atom stereocenters. The van der Waals surface area contributed by atoms with Crippen molar-refractivity contribution in [3.05, 3.63) is 47.7 Å². The van der Waals surface area contributed by atoms with E-state index in [1.165, 1.54) is 0 Å². The van der Waals surface area contributed by atoms with Gasteiger partial charge in [-0.3, -0.25) is 4.98 Å². The molecule has 5 heteroatoms. The van der Waals surface area contributed by atoms with E-state index in [9.17, 15) is 13.9 Å². The minimum atomic E-state index is -1.25. The molecule has 0 saturated heterocycles. The molecule has 98 valence electrons. The van der Waals surface area contributed by atoms with Gasteiger partial charge < -0.3 is 10.8 Å². The molecule has 0 amide bonds. The van der Waals surface area contributed by atoms with Crippen LogP contribution in [-0.4, -0.2) is 16.1 Å². The molecule has 3 N–H and O–H groups in total. The number of hydrogen-bond donors (Lipinski definition) is 2. The maximum atomic E-state index is 13.2. The summed E-state index contributed by atoms with van der Waals surface area (Å²) in [6.45, 7) is 0. The van der Waals surface area contributed by atoms with Crippen molar-refractivity contribution in [3.8, 4) is 17.0 Å². The third-order valence-electron chi connectivity index (χ3n) is 3.36. The molecule has 0 radical (unpaired) electrons. The van der Waals surface area contributed by atoms with Gasteiger partial charge in [0.05, 0.1) is 5.69 Å². The van der Waals surface area contributed by atoms with Crippen LogP contribution >= 0.6 is 0 Å². The Kier molecular flexibility index (Phi) is 2.71. The van der Waals surface area contributed by atoms with Crippen LogP contribution < -0.4 is 5.73 Å². The maximum Gasteiger partial charge on any atom is 0.200 e. The number of phenolic OH excluding ortho intramolecular Hbond substituents is 1. The summed E-state index contributed by atoms with van der Waals surface area (Å²) in [5.41, 5.74) is 7.61. The number of nitrogens with two attached hydrogens (primary N) is 1. The van der Waals surface area contributed by atoms with Gasteiger partial charge in [0.2, 0.25) is 0 Å². The molecule has 1 saturated carbocycles. The van der Waals surface area contributed by atoms with Crippen molar-refractivity contribution < 1.29 is 13.9 Å². The van der Waals surface area contributed by atoms with Crippen molar-refractivity contribution in [2.24, 2.45) is 5.73 Å². The molecule has 3 rings (SSSR count). The molecule has 1 aliphatic carbocycles. The molecule has 19 heavy (non-hydrogen) atoms. The van der Waals surface area contributed by atoms with Gasteiger partial charge in [-0.15, -0.1) is 0 Å². The molecule has 1 aromatic carbocycles. The molecule has 1 heterocycles. The first kappa shape index (κ1) is 12.0. The van der Waals surface area contributed by atoms with Gasteiger partial charge in [0.1, 0.15) is 0 Å². The Balaban J connectivity index is 1.94. The molecule has 1 fully saturated rings. The van der Waals surface area contributed by atoms with E-state index in [1.54, 1.807) is 12.3 Å². The lowest BCUT2D eigenvalue weighted by Crippen LogP contribution is -2.01. The number of aromatic hydroxyl groups is 1. The van der Waals surface area contributed by atoms with Crippen LogP contribution in [0.15, 0.2) is 30.5 Å². The lowest BCUT2D eigenvalue weighted by Gasteiger charge is -2.05. The molecule has 1 aliphatic rings. The van der Waals surface area contributed by atoms with Gasteiger partial charge in [0, 0.05) is 23.7 Å². The number of hydrogen-bond acceptors (Lipinski definition) is 3. The Morgan fingerprint density at radius 1 is 1.26 bits per heavy atom. The van der Waals surface area contributed by atoms with Crippen LogP contribution in [0.4, 0.5) is 8.78 Å². The second kappa shape index (κ2) is 4.28. The summed E-state index contributed by atoms with van der Waals surface area (Å²) in [4.78, 5) is 4.20. The number of halogens is 2. The number of pyridine rings is 1. The predicted molar refractivity (Wildman–Crippen MR) is 66.6 cm³/mol. The van der Waals surface area contributed by atoms with Crippen LogP contribution in [0.3, 0.4) is 0 Å². The highest BCUT2D eigenvalue weighted by atomic mass is 19.2. The van der Waals surface area contributed by atoms with Crippen molar-refractivity contribution in [1.82, 2.24) is 4.98 Å². The lowest BCUT2D eigenvalue weighted by atomic mass is 10.1. The molecule has 0 bridgehead atoms. The Morgan fingerprint density at radius 2 is 2.00 bits per heavy atom.